The van der Waals surface area contributed by atoms with E-state index in [0.717, 1.165) is 16.9 Å². The fourth-order valence-corrected chi connectivity index (χ4v) is 6.30. The number of nitrogens with zero attached hydrogens (tertiary/aromatic N) is 4. The highest BCUT2D eigenvalue weighted by Crippen LogP contribution is 2.33. The van der Waals surface area contributed by atoms with Gasteiger partial charge in [0.15, 0.2) is 4.75 Å². The molecule has 1 amide bonds. The van der Waals surface area contributed by atoms with Crippen LogP contribution in [-0.4, -0.2) is 85.1 Å². The molecule has 0 saturated carbocycles. The van der Waals surface area contributed by atoms with Crippen molar-refractivity contribution in [1.29, 1.82) is 0 Å². The van der Waals surface area contributed by atoms with Crippen LogP contribution in [0.25, 0.3) is 11.1 Å². The highest BCUT2D eigenvalue weighted by Gasteiger charge is 2.54. The van der Waals surface area contributed by atoms with Crippen molar-refractivity contribution >= 4 is 21.9 Å². The number of nitrogens with one attached hydrogen (secondary N) is 1. The van der Waals surface area contributed by atoms with Crippen LogP contribution in [0.5, 0.6) is 5.75 Å². The Morgan fingerprint density at radius 3 is 2.21 bits per heavy atom. The summed E-state index contributed by atoms with van der Waals surface area (Å²) in [6.45, 7) is 1.42. The van der Waals surface area contributed by atoms with Crippen molar-refractivity contribution in [3.63, 3.8) is 0 Å². The molecule has 3 heterocycles. The van der Waals surface area contributed by atoms with E-state index < -0.39 is 20.7 Å². The first-order valence-electron chi connectivity index (χ1n) is 10.6. The lowest BCUT2D eigenvalue weighted by atomic mass is 9.98. The Balaban J connectivity index is 1.44. The van der Waals surface area contributed by atoms with Crippen LogP contribution in [0.15, 0.2) is 36.7 Å². The average Bonchev–Trinajstić information content (AvgIpc) is 2.88. The molecule has 33 heavy (non-hydrogen) atoms. The summed E-state index contributed by atoms with van der Waals surface area (Å²) >= 11 is 0. The van der Waals surface area contributed by atoms with E-state index in [4.69, 9.17) is 9.47 Å². The van der Waals surface area contributed by atoms with Gasteiger partial charge in [0.25, 0.3) is 5.91 Å². The summed E-state index contributed by atoms with van der Waals surface area (Å²) in [7, 11) is -2.39. The van der Waals surface area contributed by atoms with E-state index in [2.05, 4.69) is 9.97 Å². The Morgan fingerprint density at radius 1 is 1.06 bits per heavy atom. The highest BCUT2D eigenvalue weighted by molar-refractivity contribution is 7.91. The molecule has 0 aliphatic carbocycles. The van der Waals surface area contributed by atoms with Crippen molar-refractivity contribution in [3.05, 3.63) is 36.7 Å². The molecule has 0 unspecified atom stereocenters. The molecule has 0 radical (unpaired) electrons. The molecule has 4 rings (SSSR count). The number of hydroxylamine groups is 1. The molecule has 178 valence electrons. The summed E-state index contributed by atoms with van der Waals surface area (Å²) < 4.78 is 36.8. The van der Waals surface area contributed by atoms with Crippen LogP contribution in [-0.2, 0) is 19.6 Å². The average molecular weight is 478 g/mol. The number of carbonyl (C=O) groups excluding carboxylic acids is 1. The molecular weight excluding hydrogens is 450 g/mol. The maximum atomic E-state index is 13.4. The SMILES string of the molecule is COc1ccc(-c2cnc(N3CCN(S(=O)(=O)C4(C(=O)NO)CCOCC4)CC3)nc2)cc1. The third kappa shape index (κ3) is 4.38. The Labute approximate surface area is 192 Å². The molecule has 2 aliphatic heterocycles. The predicted molar refractivity (Wildman–Crippen MR) is 119 cm³/mol. The Hall–Kier alpha value is -2.80. The minimum atomic E-state index is -4.01. The van der Waals surface area contributed by atoms with Crippen LogP contribution in [0.4, 0.5) is 5.95 Å². The first-order valence-corrected chi connectivity index (χ1v) is 12.1. The lowest BCUT2D eigenvalue weighted by Crippen LogP contribution is -2.62. The number of rotatable bonds is 6. The van der Waals surface area contributed by atoms with Crippen LogP contribution in [0, 0.1) is 0 Å². The van der Waals surface area contributed by atoms with E-state index in [1.807, 2.05) is 29.2 Å². The van der Waals surface area contributed by atoms with Crippen LogP contribution in [0.3, 0.4) is 0 Å². The molecule has 2 aliphatic rings. The maximum absolute atomic E-state index is 13.4. The van der Waals surface area contributed by atoms with Gasteiger partial charge in [-0.3, -0.25) is 10.0 Å². The number of ether oxygens (including phenoxy) is 2. The van der Waals surface area contributed by atoms with E-state index in [1.165, 1.54) is 4.31 Å². The van der Waals surface area contributed by atoms with Crippen molar-refractivity contribution in [3.8, 4) is 16.9 Å². The summed E-state index contributed by atoms with van der Waals surface area (Å²) in [6, 6.07) is 7.58. The van der Waals surface area contributed by atoms with Crippen LogP contribution in [0.1, 0.15) is 12.8 Å². The third-order valence-corrected chi connectivity index (χ3v) is 8.86. The van der Waals surface area contributed by atoms with Gasteiger partial charge in [-0.05, 0) is 17.7 Å². The summed E-state index contributed by atoms with van der Waals surface area (Å²) in [5.41, 5.74) is 3.36. The molecule has 0 bridgehead atoms. The molecule has 0 atom stereocenters. The summed E-state index contributed by atoms with van der Waals surface area (Å²) in [6.07, 6.45) is 3.46. The van der Waals surface area contributed by atoms with Gasteiger partial charge in [-0.1, -0.05) is 12.1 Å². The maximum Gasteiger partial charge on any atom is 0.266 e. The molecule has 2 fully saturated rings. The first-order chi connectivity index (χ1) is 15.9. The third-order valence-electron chi connectivity index (χ3n) is 6.23. The standard InChI is InChI=1S/C21H27N5O6S/c1-31-18-4-2-16(3-5-18)17-14-22-20(23-15-17)25-8-10-26(11-9-25)33(29,30)21(19(27)24-28)6-12-32-13-7-21/h2-5,14-15,28H,6-13H2,1H3,(H,24,27). The van der Waals surface area contributed by atoms with Crippen molar-refractivity contribution in [2.45, 2.75) is 17.6 Å². The second-order valence-electron chi connectivity index (χ2n) is 7.94. The summed E-state index contributed by atoms with van der Waals surface area (Å²) in [5, 5.41) is 9.18. The second-order valence-corrected chi connectivity index (χ2v) is 10.2. The predicted octanol–water partition coefficient (Wildman–Crippen LogP) is 0.659. The number of hydrogen-bond donors (Lipinski definition) is 2. The number of amides is 1. The Morgan fingerprint density at radius 2 is 1.67 bits per heavy atom. The zero-order valence-electron chi connectivity index (χ0n) is 18.3. The molecule has 2 aromatic rings. The van der Waals surface area contributed by atoms with E-state index >= 15 is 0 Å². The summed E-state index contributed by atoms with van der Waals surface area (Å²) in [5.74, 6) is 0.368. The van der Waals surface area contributed by atoms with Gasteiger partial charge in [-0.2, -0.15) is 4.31 Å². The molecule has 2 saturated heterocycles. The van der Waals surface area contributed by atoms with Gasteiger partial charge in [0.05, 0.1) is 7.11 Å². The molecular formula is C21H27N5O6S. The van der Waals surface area contributed by atoms with Crippen molar-refractivity contribution in [2.75, 3.05) is 51.4 Å². The number of piperazine rings is 1. The zero-order chi connectivity index (χ0) is 23.5. The lowest BCUT2D eigenvalue weighted by molar-refractivity contribution is -0.134. The van der Waals surface area contributed by atoms with E-state index in [-0.39, 0.29) is 39.1 Å². The fourth-order valence-electron chi connectivity index (χ4n) is 4.20. The number of benzene rings is 1. The van der Waals surface area contributed by atoms with Crippen molar-refractivity contribution < 1.29 is 27.9 Å². The zero-order valence-corrected chi connectivity index (χ0v) is 19.1. The topological polar surface area (TPSA) is 134 Å². The molecule has 2 N–H and O–H groups in total. The number of hydrogen-bond acceptors (Lipinski definition) is 9. The lowest BCUT2D eigenvalue weighted by Gasteiger charge is -2.41. The van der Waals surface area contributed by atoms with E-state index in [1.54, 1.807) is 25.0 Å². The monoisotopic (exact) mass is 477 g/mol. The quantitative estimate of drug-likeness (QED) is 0.454. The molecule has 11 nitrogen and oxygen atoms in total. The number of sulfonamides is 1. The molecule has 1 aromatic heterocycles. The van der Waals surface area contributed by atoms with Crippen molar-refractivity contribution in [1.82, 2.24) is 19.8 Å². The first kappa shape index (κ1) is 23.4. The van der Waals surface area contributed by atoms with Gasteiger partial charge in [0, 0.05) is 70.2 Å². The normalized spacial score (nSPS) is 19.2. The van der Waals surface area contributed by atoms with Crippen molar-refractivity contribution in [2.24, 2.45) is 0 Å². The van der Waals surface area contributed by atoms with Gasteiger partial charge in [-0.25, -0.2) is 23.9 Å². The molecule has 1 aromatic carbocycles. The number of aromatic nitrogens is 2. The van der Waals surface area contributed by atoms with E-state index in [0.29, 0.717) is 19.0 Å². The van der Waals surface area contributed by atoms with E-state index in [9.17, 15) is 18.4 Å². The molecule has 12 heteroatoms. The number of methoxy groups -OCH3 is 1. The minimum absolute atomic E-state index is 0.00211. The van der Waals surface area contributed by atoms with Gasteiger partial charge in [-0.15, -0.1) is 0 Å². The van der Waals surface area contributed by atoms with Crippen LogP contribution < -0.4 is 15.1 Å². The second kappa shape index (κ2) is 9.59. The smallest absolute Gasteiger partial charge is 0.266 e. The largest absolute Gasteiger partial charge is 0.497 e. The van der Waals surface area contributed by atoms with Crippen LogP contribution >= 0.6 is 0 Å². The Kier molecular flexibility index (Phi) is 6.79. The van der Waals surface area contributed by atoms with Crippen LogP contribution in [0.2, 0.25) is 0 Å². The molecule has 0 spiro atoms. The number of anilines is 1. The van der Waals surface area contributed by atoms with Gasteiger partial charge in [0.1, 0.15) is 5.75 Å². The summed E-state index contributed by atoms with van der Waals surface area (Å²) in [4.78, 5) is 23.2. The number of carbonyl (C=O) groups is 1. The highest BCUT2D eigenvalue weighted by atomic mass is 32.2. The Bertz CT molecular complexity index is 1060. The fraction of sp³-hybridized carbons (Fsp3) is 0.476. The van der Waals surface area contributed by atoms with Gasteiger partial charge >= 0.3 is 0 Å². The van der Waals surface area contributed by atoms with Gasteiger partial charge < -0.3 is 14.4 Å². The minimum Gasteiger partial charge on any atom is -0.497 e. The van der Waals surface area contributed by atoms with Gasteiger partial charge in [0.2, 0.25) is 16.0 Å².